The molecule has 1 amide bonds. The number of aromatic nitrogens is 5. The van der Waals surface area contributed by atoms with Gasteiger partial charge in [-0.1, -0.05) is 29.4 Å². The fourth-order valence-corrected chi connectivity index (χ4v) is 2.87. The summed E-state index contributed by atoms with van der Waals surface area (Å²) in [5.41, 5.74) is 1.29. The molecular weight excluding hydrogens is 348 g/mol. The van der Waals surface area contributed by atoms with Crippen molar-refractivity contribution >= 4 is 35.0 Å². The average molecular weight is 361 g/mol. The Hall–Kier alpha value is -2.45. The van der Waals surface area contributed by atoms with Crippen LogP contribution in [0.4, 0.5) is 5.69 Å². The van der Waals surface area contributed by atoms with Crippen molar-refractivity contribution in [3.8, 4) is 11.5 Å². The lowest BCUT2D eigenvalue weighted by molar-refractivity contribution is -0.113. The molecule has 7 nitrogen and oxygen atoms in total. The van der Waals surface area contributed by atoms with Crippen LogP contribution in [0.25, 0.3) is 11.5 Å². The number of hydrogen-bond donors (Lipinski definition) is 1. The molecule has 9 heteroatoms. The van der Waals surface area contributed by atoms with E-state index < -0.39 is 0 Å². The second-order valence-electron chi connectivity index (χ2n) is 4.80. The molecule has 0 aliphatic heterocycles. The maximum atomic E-state index is 12.0. The van der Waals surface area contributed by atoms with Crippen molar-refractivity contribution in [1.29, 1.82) is 0 Å². The first kappa shape index (κ1) is 16.4. The highest BCUT2D eigenvalue weighted by Gasteiger charge is 2.14. The number of anilines is 1. The fraction of sp³-hybridized carbons (Fsp3) is 0.133. The lowest BCUT2D eigenvalue weighted by Gasteiger charge is -2.05. The predicted octanol–water partition coefficient (Wildman–Crippen LogP) is 2.66. The Balaban J connectivity index is 1.63. The molecule has 3 aromatic rings. The molecule has 0 saturated heterocycles. The van der Waals surface area contributed by atoms with Gasteiger partial charge >= 0.3 is 0 Å². The monoisotopic (exact) mass is 360 g/mol. The highest BCUT2D eigenvalue weighted by atomic mass is 35.5. The number of nitrogens with one attached hydrogen (secondary N) is 1. The topological polar surface area (TPSA) is 85.6 Å². The Bertz CT molecular complexity index is 854. The van der Waals surface area contributed by atoms with Gasteiger partial charge in [0, 0.05) is 30.2 Å². The van der Waals surface area contributed by atoms with Crippen LogP contribution in [-0.2, 0) is 11.8 Å². The second kappa shape index (κ2) is 7.41. The number of halogens is 1. The summed E-state index contributed by atoms with van der Waals surface area (Å²) in [4.78, 5) is 20.2. The Morgan fingerprint density at radius 1 is 1.33 bits per heavy atom. The molecule has 2 aromatic heterocycles. The van der Waals surface area contributed by atoms with E-state index in [9.17, 15) is 4.79 Å². The molecule has 0 radical (unpaired) electrons. The third-order valence-corrected chi connectivity index (χ3v) is 4.32. The zero-order chi connectivity index (χ0) is 16.9. The lowest BCUT2D eigenvalue weighted by atomic mass is 10.3. The second-order valence-corrected chi connectivity index (χ2v) is 6.18. The van der Waals surface area contributed by atoms with E-state index in [1.54, 1.807) is 47.4 Å². The van der Waals surface area contributed by atoms with Gasteiger partial charge in [0.15, 0.2) is 11.0 Å². The summed E-state index contributed by atoms with van der Waals surface area (Å²) in [5, 5.41) is 12.2. The highest BCUT2D eigenvalue weighted by Crippen LogP contribution is 2.21. The number of carbonyl (C=O) groups excluding carboxylic acids is 1. The molecule has 0 spiro atoms. The van der Waals surface area contributed by atoms with Crippen LogP contribution in [0.15, 0.2) is 48.0 Å². The number of benzene rings is 1. The summed E-state index contributed by atoms with van der Waals surface area (Å²) >= 11 is 7.18. The van der Waals surface area contributed by atoms with Gasteiger partial charge in [0.25, 0.3) is 0 Å². The largest absolute Gasteiger partial charge is 0.325 e. The van der Waals surface area contributed by atoms with Gasteiger partial charge in [0.05, 0.1) is 11.9 Å². The zero-order valence-electron chi connectivity index (χ0n) is 12.7. The van der Waals surface area contributed by atoms with E-state index in [2.05, 4.69) is 25.5 Å². The minimum absolute atomic E-state index is 0.147. The molecule has 0 unspecified atom stereocenters. The van der Waals surface area contributed by atoms with Crippen molar-refractivity contribution in [2.75, 3.05) is 11.1 Å². The SMILES string of the molecule is Cn1c(SCC(=O)Nc2cccc(Cl)c2)nnc1-c1cnccn1. The number of carbonyl (C=O) groups is 1. The Morgan fingerprint density at radius 2 is 2.21 bits per heavy atom. The minimum Gasteiger partial charge on any atom is -0.325 e. The Kier molecular flexibility index (Phi) is 5.07. The van der Waals surface area contributed by atoms with Gasteiger partial charge in [-0.15, -0.1) is 10.2 Å². The van der Waals surface area contributed by atoms with Gasteiger partial charge in [-0.2, -0.15) is 0 Å². The van der Waals surface area contributed by atoms with E-state index >= 15 is 0 Å². The van der Waals surface area contributed by atoms with E-state index in [1.807, 2.05) is 7.05 Å². The van der Waals surface area contributed by atoms with E-state index in [-0.39, 0.29) is 11.7 Å². The van der Waals surface area contributed by atoms with Gasteiger partial charge in [0.2, 0.25) is 5.91 Å². The van der Waals surface area contributed by atoms with E-state index in [4.69, 9.17) is 11.6 Å². The normalized spacial score (nSPS) is 10.6. The molecule has 3 rings (SSSR count). The number of hydrogen-bond acceptors (Lipinski definition) is 6. The van der Waals surface area contributed by atoms with Crippen molar-refractivity contribution in [3.05, 3.63) is 47.9 Å². The lowest BCUT2D eigenvalue weighted by Crippen LogP contribution is -2.14. The number of amides is 1. The number of rotatable bonds is 5. The summed E-state index contributed by atoms with van der Waals surface area (Å²) in [6, 6.07) is 7.00. The summed E-state index contributed by atoms with van der Waals surface area (Å²) in [6.07, 6.45) is 4.80. The van der Waals surface area contributed by atoms with E-state index in [1.165, 1.54) is 11.8 Å². The van der Waals surface area contributed by atoms with Crippen LogP contribution in [0.1, 0.15) is 0 Å². The Labute approximate surface area is 147 Å². The molecule has 2 heterocycles. The van der Waals surface area contributed by atoms with Gasteiger partial charge in [-0.3, -0.25) is 9.78 Å². The van der Waals surface area contributed by atoms with Crippen molar-refractivity contribution in [3.63, 3.8) is 0 Å². The first-order valence-corrected chi connectivity index (χ1v) is 8.34. The molecule has 0 aliphatic rings. The van der Waals surface area contributed by atoms with Gasteiger partial charge in [-0.05, 0) is 18.2 Å². The van der Waals surface area contributed by atoms with E-state index in [0.29, 0.717) is 27.4 Å². The maximum Gasteiger partial charge on any atom is 0.234 e. The molecule has 0 atom stereocenters. The van der Waals surface area contributed by atoms with Crippen molar-refractivity contribution < 1.29 is 4.79 Å². The molecule has 1 aromatic carbocycles. The van der Waals surface area contributed by atoms with Crippen LogP contribution in [-0.4, -0.2) is 36.4 Å². The average Bonchev–Trinajstić information content (AvgIpc) is 2.94. The van der Waals surface area contributed by atoms with Crippen LogP contribution in [0.5, 0.6) is 0 Å². The van der Waals surface area contributed by atoms with Crippen molar-refractivity contribution in [1.82, 2.24) is 24.7 Å². The summed E-state index contributed by atoms with van der Waals surface area (Å²) in [6.45, 7) is 0. The van der Waals surface area contributed by atoms with Gasteiger partial charge < -0.3 is 9.88 Å². The third kappa shape index (κ3) is 3.90. The van der Waals surface area contributed by atoms with Crippen molar-refractivity contribution in [2.24, 2.45) is 7.05 Å². The summed E-state index contributed by atoms with van der Waals surface area (Å²) in [7, 11) is 1.82. The molecule has 1 N–H and O–H groups in total. The zero-order valence-corrected chi connectivity index (χ0v) is 14.3. The van der Waals surface area contributed by atoms with Crippen molar-refractivity contribution in [2.45, 2.75) is 5.16 Å². The quantitative estimate of drug-likeness (QED) is 0.704. The molecule has 0 bridgehead atoms. The standard InChI is InChI=1S/C15H13ClN6OS/c1-22-14(12-8-17-5-6-18-12)20-21-15(22)24-9-13(23)19-11-4-2-3-10(16)7-11/h2-8H,9H2,1H3,(H,19,23). The van der Waals surface area contributed by atoms with Crippen LogP contribution in [0, 0.1) is 0 Å². The van der Waals surface area contributed by atoms with Gasteiger partial charge in [-0.25, -0.2) is 4.98 Å². The highest BCUT2D eigenvalue weighted by molar-refractivity contribution is 7.99. The van der Waals surface area contributed by atoms with Crippen LogP contribution in [0.3, 0.4) is 0 Å². The van der Waals surface area contributed by atoms with Gasteiger partial charge in [0.1, 0.15) is 5.69 Å². The predicted molar refractivity (Wildman–Crippen MR) is 92.8 cm³/mol. The molecule has 0 aliphatic carbocycles. The van der Waals surface area contributed by atoms with Crippen LogP contribution < -0.4 is 5.32 Å². The minimum atomic E-state index is -0.147. The van der Waals surface area contributed by atoms with Crippen LogP contribution in [0.2, 0.25) is 5.02 Å². The number of thioether (sulfide) groups is 1. The molecule has 0 fully saturated rings. The van der Waals surface area contributed by atoms with E-state index in [0.717, 1.165) is 0 Å². The molecular formula is C15H13ClN6OS. The number of nitrogens with zero attached hydrogens (tertiary/aromatic N) is 5. The first-order chi connectivity index (χ1) is 11.6. The summed E-state index contributed by atoms with van der Waals surface area (Å²) in [5.74, 6) is 0.658. The maximum absolute atomic E-state index is 12.0. The van der Waals surface area contributed by atoms with Crippen LogP contribution >= 0.6 is 23.4 Å². The Morgan fingerprint density at radius 3 is 2.96 bits per heavy atom. The fourth-order valence-electron chi connectivity index (χ4n) is 1.97. The molecule has 122 valence electrons. The summed E-state index contributed by atoms with van der Waals surface area (Å²) < 4.78 is 1.78. The molecule has 24 heavy (non-hydrogen) atoms. The molecule has 0 saturated carbocycles. The first-order valence-electron chi connectivity index (χ1n) is 6.97. The third-order valence-electron chi connectivity index (χ3n) is 3.07. The smallest absolute Gasteiger partial charge is 0.234 e.